The van der Waals surface area contributed by atoms with E-state index in [0.717, 1.165) is 32.1 Å². The maximum absolute atomic E-state index is 12.0. The van der Waals surface area contributed by atoms with Crippen LogP contribution in [0.3, 0.4) is 0 Å². The minimum absolute atomic E-state index is 0.0367. The summed E-state index contributed by atoms with van der Waals surface area (Å²) in [6, 6.07) is -0.404. The number of carbonyl (C=O) groups excluding carboxylic acids is 5. The molecular weight excluding hydrogens is 352 g/mol. The molecule has 0 N–H and O–H groups in total. The van der Waals surface area contributed by atoms with Crippen molar-refractivity contribution >= 4 is 29.6 Å². The second-order valence-electron chi connectivity index (χ2n) is 6.82. The van der Waals surface area contributed by atoms with Gasteiger partial charge in [0.15, 0.2) is 0 Å². The van der Waals surface area contributed by atoms with Crippen LogP contribution in [0.5, 0.6) is 0 Å². The fraction of sp³-hybridized carbons (Fsp3) is 0.632. The minimum Gasteiger partial charge on any atom is -0.330 e. The fourth-order valence-electron chi connectivity index (χ4n) is 3.25. The molecule has 4 amide bonds. The Balaban J connectivity index is 1.87. The van der Waals surface area contributed by atoms with Gasteiger partial charge in [0.1, 0.15) is 0 Å². The van der Waals surface area contributed by atoms with Crippen molar-refractivity contribution in [1.82, 2.24) is 9.96 Å². The number of hydrogen-bond donors (Lipinski definition) is 0. The van der Waals surface area contributed by atoms with Gasteiger partial charge in [-0.25, -0.2) is 4.79 Å². The molecule has 2 aliphatic heterocycles. The van der Waals surface area contributed by atoms with E-state index in [-0.39, 0.29) is 37.5 Å². The van der Waals surface area contributed by atoms with E-state index in [1.54, 1.807) is 0 Å². The zero-order valence-electron chi connectivity index (χ0n) is 15.6. The SMILES string of the molecule is CCCCCCCC(CCC(=O)ON1C(=O)CCC1=O)N1C(=O)C=CC1=O. The maximum atomic E-state index is 12.0. The number of hydroxylamine groups is 2. The number of amides is 4. The molecule has 148 valence electrons. The van der Waals surface area contributed by atoms with Crippen molar-refractivity contribution in [2.24, 2.45) is 0 Å². The quantitative estimate of drug-likeness (QED) is 0.403. The molecule has 0 spiro atoms. The summed E-state index contributed by atoms with van der Waals surface area (Å²) in [5.41, 5.74) is 0. The second-order valence-corrected chi connectivity index (χ2v) is 6.82. The van der Waals surface area contributed by atoms with Gasteiger partial charge < -0.3 is 4.84 Å². The van der Waals surface area contributed by atoms with E-state index >= 15 is 0 Å². The molecule has 1 atom stereocenters. The van der Waals surface area contributed by atoms with Crippen LogP contribution in [-0.2, 0) is 28.8 Å². The number of carbonyl (C=O) groups is 5. The van der Waals surface area contributed by atoms with Crippen molar-refractivity contribution < 1.29 is 28.8 Å². The van der Waals surface area contributed by atoms with Gasteiger partial charge in [-0.1, -0.05) is 39.0 Å². The van der Waals surface area contributed by atoms with Crippen LogP contribution < -0.4 is 0 Å². The first-order valence-electron chi connectivity index (χ1n) is 9.55. The molecule has 1 saturated heterocycles. The van der Waals surface area contributed by atoms with Crippen molar-refractivity contribution in [3.05, 3.63) is 12.2 Å². The number of imide groups is 2. The average molecular weight is 378 g/mol. The summed E-state index contributed by atoms with van der Waals surface area (Å²) in [6.45, 7) is 2.12. The summed E-state index contributed by atoms with van der Waals surface area (Å²) in [4.78, 5) is 65.0. The summed E-state index contributed by atoms with van der Waals surface area (Å²) in [6.07, 6.45) is 8.48. The average Bonchev–Trinajstić information content (AvgIpc) is 3.13. The van der Waals surface area contributed by atoms with Crippen molar-refractivity contribution in [1.29, 1.82) is 0 Å². The lowest BCUT2D eigenvalue weighted by atomic mass is 10.0. The lowest BCUT2D eigenvalue weighted by molar-refractivity contribution is -0.197. The maximum Gasteiger partial charge on any atom is 0.333 e. The van der Waals surface area contributed by atoms with Gasteiger partial charge in [-0.3, -0.25) is 24.1 Å². The molecule has 2 heterocycles. The van der Waals surface area contributed by atoms with Crippen molar-refractivity contribution in [2.45, 2.75) is 77.2 Å². The zero-order chi connectivity index (χ0) is 19.8. The highest BCUT2D eigenvalue weighted by molar-refractivity contribution is 6.13. The number of rotatable bonds is 11. The van der Waals surface area contributed by atoms with Gasteiger partial charge in [0.05, 0.1) is 0 Å². The molecule has 0 saturated carbocycles. The highest BCUT2D eigenvalue weighted by Crippen LogP contribution is 2.21. The predicted molar refractivity (Wildman–Crippen MR) is 94.6 cm³/mol. The van der Waals surface area contributed by atoms with E-state index < -0.39 is 23.8 Å². The molecule has 8 nitrogen and oxygen atoms in total. The van der Waals surface area contributed by atoms with Crippen LogP contribution in [0.15, 0.2) is 12.2 Å². The van der Waals surface area contributed by atoms with Crippen LogP contribution in [-0.4, -0.2) is 45.6 Å². The van der Waals surface area contributed by atoms with E-state index in [1.807, 2.05) is 0 Å². The first-order chi connectivity index (χ1) is 12.9. The summed E-state index contributed by atoms with van der Waals surface area (Å²) in [7, 11) is 0. The third kappa shape index (κ3) is 5.74. The van der Waals surface area contributed by atoms with Gasteiger partial charge in [-0.2, -0.15) is 0 Å². The Bertz CT molecular complexity index is 608. The fourth-order valence-corrected chi connectivity index (χ4v) is 3.25. The third-order valence-corrected chi connectivity index (χ3v) is 4.73. The third-order valence-electron chi connectivity index (χ3n) is 4.73. The Morgan fingerprint density at radius 1 is 0.963 bits per heavy atom. The van der Waals surface area contributed by atoms with Crippen LogP contribution in [0.4, 0.5) is 0 Å². The van der Waals surface area contributed by atoms with E-state index in [4.69, 9.17) is 4.84 Å². The monoisotopic (exact) mass is 378 g/mol. The smallest absolute Gasteiger partial charge is 0.330 e. The lowest BCUT2D eigenvalue weighted by Crippen LogP contribution is -2.40. The molecule has 2 aliphatic rings. The van der Waals surface area contributed by atoms with Crippen LogP contribution in [0.25, 0.3) is 0 Å². The van der Waals surface area contributed by atoms with E-state index in [2.05, 4.69) is 6.92 Å². The molecule has 0 aromatic carbocycles. The molecule has 2 rings (SSSR count). The van der Waals surface area contributed by atoms with Crippen molar-refractivity contribution in [3.8, 4) is 0 Å². The van der Waals surface area contributed by atoms with Crippen LogP contribution in [0, 0.1) is 0 Å². The van der Waals surface area contributed by atoms with E-state index in [9.17, 15) is 24.0 Å². The van der Waals surface area contributed by atoms with Gasteiger partial charge in [-0.15, -0.1) is 5.06 Å². The number of unbranched alkanes of at least 4 members (excludes halogenated alkanes) is 4. The Morgan fingerprint density at radius 2 is 1.56 bits per heavy atom. The molecule has 8 heteroatoms. The number of hydrogen-bond acceptors (Lipinski definition) is 6. The highest BCUT2D eigenvalue weighted by atomic mass is 16.7. The summed E-state index contributed by atoms with van der Waals surface area (Å²) in [5.74, 6) is -2.54. The summed E-state index contributed by atoms with van der Waals surface area (Å²) >= 11 is 0. The minimum atomic E-state index is -0.721. The molecular formula is C19H26N2O6. The van der Waals surface area contributed by atoms with Gasteiger partial charge >= 0.3 is 5.97 Å². The molecule has 0 aliphatic carbocycles. The Morgan fingerprint density at radius 3 is 2.15 bits per heavy atom. The summed E-state index contributed by atoms with van der Waals surface area (Å²) < 4.78 is 0. The van der Waals surface area contributed by atoms with Crippen molar-refractivity contribution in [3.63, 3.8) is 0 Å². The van der Waals surface area contributed by atoms with E-state index in [1.165, 1.54) is 17.1 Å². The molecule has 0 radical (unpaired) electrons. The van der Waals surface area contributed by atoms with Crippen LogP contribution in [0.1, 0.15) is 71.1 Å². The van der Waals surface area contributed by atoms with Gasteiger partial charge in [0.25, 0.3) is 23.6 Å². The molecule has 1 unspecified atom stereocenters. The standard InChI is InChI=1S/C19H26N2O6/c1-2-3-4-5-6-7-14(20-15(22)9-10-16(20)23)8-13-19(26)27-21-17(24)11-12-18(21)25/h9-10,14H,2-8,11-13H2,1H3. The topological polar surface area (TPSA) is 101 Å². The van der Waals surface area contributed by atoms with Gasteiger partial charge in [0, 0.05) is 37.5 Å². The summed E-state index contributed by atoms with van der Waals surface area (Å²) in [5, 5.41) is 0.510. The van der Waals surface area contributed by atoms with Gasteiger partial charge in [-0.05, 0) is 12.8 Å². The molecule has 0 aromatic heterocycles. The first-order valence-corrected chi connectivity index (χ1v) is 9.55. The normalized spacial score (nSPS) is 18.0. The highest BCUT2D eigenvalue weighted by Gasteiger charge is 2.34. The molecule has 27 heavy (non-hydrogen) atoms. The lowest BCUT2D eigenvalue weighted by Gasteiger charge is -2.26. The molecule has 0 bridgehead atoms. The first kappa shape index (κ1) is 20.8. The van der Waals surface area contributed by atoms with E-state index in [0.29, 0.717) is 11.5 Å². The largest absolute Gasteiger partial charge is 0.333 e. The van der Waals surface area contributed by atoms with Crippen LogP contribution in [0.2, 0.25) is 0 Å². The van der Waals surface area contributed by atoms with Gasteiger partial charge in [0.2, 0.25) is 0 Å². The second kappa shape index (κ2) is 9.99. The Hall–Kier alpha value is -2.51. The predicted octanol–water partition coefficient (Wildman–Crippen LogP) is 2.03. The Kier molecular flexibility index (Phi) is 7.69. The van der Waals surface area contributed by atoms with Crippen LogP contribution >= 0.6 is 0 Å². The van der Waals surface area contributed by atoms with Crippen molar-refractivity contribution in [2.75, 3.05) is 0 Å². The zero-order valence-corrected chi connectivity index (χ0v) is 15.6. The Labute approximate surface area is 158 Å². The molecule has 1 fully saturated rings. The molecule has 0 aromatic rings. The number of nitrogens with zero attached hydrogens (tertiary/aromatic N) is 2.